The normalized spacial score (nSPS) is 11.9. The first-order chi connectivity index (χ1) is 8.74. The van der Waals surface area contributed by atoms with Crippen molar-refractivity contribution in [1.29, 1.82) is 0 Å². The SMILES string of the molecule is Cc1nc2cc3c4ccccc4n(C)c3cc2[nH]1. The molecule has 3 nitrogen and oxygen atoms in total. The van der Waals surface area contributed by atoms with Gasteiger partial charge in [0.25, 0.3) is 0 Å². The molecule has 18 heavy (non-hydrogen) atoms. The van der Waals surface area contributed by atoms with E-state index in [9.17, 15) is 0 Å². The topological polar surface area (TPSA) is 33.6 Å². The lowest BCUT2D eigenvalue weighted by atomic mass is 10.1. The summed E-state index contributed by atoms with van der Waals surface area (Å²) in [5.41, 5.74) is 4.64. The summed E-state index contributed by atoms with van der Waals surface area (Å²) in [5.74, 6) is 0.963. The molecule has 2 aromatic carbocycles. The number of hydrogen-bond donors (Lipinski definition) is 1. The van der Waals surface area contributed by atoms with Gasteiger partial charge in [0.2, 0.25) is 0 Å². The fraction of sp³-hybridized carbons (Fsp3) is 0.133. The van der Waals surface area contributed by atoms with Crippen LogP contribution >= 0.6 is 0 Å². The van der Waals surface area contributed by atoms with E-state index in [1.165, 1.54) is 21.8 Å². The van der Waals surface area contributed by atoms with Gasteiger partial charge in [-0.3, -0.25) is 0 Å². The number of para-hydroxylation sites is 1. The molecule has 0 aliphatic heterocycles. The zero-order chi connectivity index (χ0) is 12.3. The van der Waals surface area contributed by atoms with E-state index in [-0.39, 0.29) is 0 Å². The molecule has 0 spiro atoms. The first-order valence-electron chi connectivity index (χ1n) is 6.07. The summed E-state index contributed by atoms with van der Waals surface area (Å²) in [4.78, 5) is 7.81. The summed E-state index contributed by atoms with van der Waals surface area (Å²) >= 11 is 0. The minimum Gasteiger partial charge on any atom is -0.344 e. The standard InChI is InChI=1S/C15H13N3/c1-9-16-12-7-11-10-5-3-4-6-14(10)18(2)15(11)8-13(12)17-9/h3-8H,1-2H3,(H,16,17). The minimum absolute atomic E-state index is 0.963. The molecule has 2 aromatic heterocycles. The van der Waals surface area contributed by atoms with Crippen LogP contribution in [0, 0.1) is 6.92 Å². The second-order valence-electron chi connectivity index (χ2n) is 4.78. The molecule has 0 bridgehead atoms. The van der Waals surface area contributed by atoms with Crippen molar-refractivity contribution in [2.24, 2.45) is 7.05 Å². The number of nitrogens with zero attached hydrogens (tertiary/aromatic N) is 2. The minimum atomic E-state index is 0.963. The summed E-state index contributed by atoms with van der Waals surface area (Å²) in [5, 5.41) is 2.56. The maximum absolute atomic E-state index is 4.51. The lowest BCUT2D eigenvalue weighted by Crippen LogP contribution is -1.85. The molecule has 4 aromatic rings. The van der Waals surface area contributed by atoms with Gasteiger partial charge in [-0.25, -0.2) is 4.98 Å². The number of fused-ring (bicyclic) bond motifs is 4. The zero-order valence-corrected chi connectivity index (χ0v) is 10.4. The molecule has 4 rings (SSSR count). The fourth-order valence-corrected chi connectivity index (χ4v) is 2.79. The van der Waals surface area contributed by atoms with Gasteiger partial charge in [0, 0.05) is 23.3 Å². The highest BCUT2D eigenvalue weighted by molar-refractivity contribution is 6.11. The summed E-state index contributed by atoms with van der Waals surface area (Å²) in [6, 6.07) is 12.9. The van der Waals surface area contributed by atoms with E-state index in [0.29, 0.717) is 0 Å². The monoisotopic (exact) mass is 235 g/mol. The van der Waals surface area contributed by atoms with Crippen LogP contribution in [0.25, 0.3) is 32.8 Å². The summed E-state index contributed by atoms with van der Waals surface area (Å²) in [6.07, 6.45) is 0. The molecular formula is C15H13N3. The van der Waals surface area contributed by atoms with Crippen molar-refractivity contribution < 1.29 is 0 Å². The number of imidazole rings is 1. The Hall–Kier alpha value is -2.29. The van der Waals surface area contributed by atoms with Crippen LogP contribution < -0.4 is 0 Å². The van der Waals surface area contributed by atoms with Gasteiger partial charge in [0.1, 0.15) is 5.82 Å². The van der Waals surface area contributed by atoms with Crippen molar-refractivity contribution in [3.8, 4) is 0 Å². The highest BCUT2D eigenvalue weighted by Gasteiger charge is 2.10. The maximum atomic E-state index is 4.51. The van der Waals surface area contributed by atoms with Crippen LogP contribution in [0.2, 0.25) is 0 Å². The van der Waals surface area contributed by atoms with Crippen molar-refractivity contribution in [1.82, 2.24) is 14.5 Å². The molecule has 0 saturated heterocycles. The second-order valence-corrected chi connectivity index (χ2v) is 4.78. The van der Waals surface area contributed by atoms with Crippen LogP contribution in [-0.2, 0) is 7.05 Å². The molecule has 0 amide bonds. The highest BCUT2D eigenvalue weighted by Crippen LogP contribution is 2.30. The van der Waals surface area contributed by atoms with Crippen LogP contribution in [-0.4, -0.2) is 14.5 Å². The summed E-state index contributed by atoms with van der Waals surface area (Å²) in [6.45, 7) is 1.99. The predicted octanol–water partition coefficient (Wildman–Crippen LogP) is 3.52. The van der Waals surface area contributed by atoms with Gasteiger partial charge in [-0.2, -0.15) is 0 Å². The van der Waals surface area contributed by atoms with Gasteiger partial charge in [-0.05, 0) is 25.1 Å². The van der Waals surface area contributed by atoms with Crippen molar-refractivity contribution in [2.45, 2.75) is 6.92 Å². The van der Waals surface area contributed by atoms with E-state index >= 15 is 0 Å². The second kappa shape index (κ2) is 3.13. The molecule has 0 unspecified atom stereocenters. The Labute approximate surface area is 104 Å². The molecular weight excluding hydrogens is 222 g/mol. The number of benzene rings is 2. The van der Waals surface area contributed by atoms with Gasteiger partial charge in [0.05, 0.1) is 16.6 Å². The number of aromatic nitrogens is 3. The molecule has 1 N–H and O–H groups in total. The Balaban J connectivity index is 2.30. The number of aryl methyl sites for hydroxylation is 2. The van der Waals surface area contributed by atoms with Crippen molar-refractivity contribution >= 4 is 32.8 Å². The largest absolute Gasteiger partial charge is 0.344 e. The Kier molecular flexibility index (Phi) is 1.69. The van der Waals surface area contributed by atoms with Gasteiger partial charge in [0.15, 0.2) is 0 Å². The Morgan fingerprint density at radius 3 is 2.78 bits per heavy atom. The lowest BCUT2D eigenvalue weighted by Gasteiger charge is -1.97. The molecule has 0 aliphatic rings. The van der Waals surface area contributed by atoms with Gasteiger partial charge in [-0.1, -0.05) is 18.2 Å². The predicted molar refractivity (Wildman–Crippen MR) is 74.8 cm³/mol. The van der Waals surface area contributed by atoms with Crippen LogP contribution in [0.15, 0.2) is 36.4 Å². The average Bonchev–Trinajstić information content (AvgIpc) is 2.86. The van der Waals surface area contributed by atoms with Crippen LogP contribution in [0.5, 0.6) is 0 Å². The lowest BCUT2D eigenvalue weighted by molar-refractivity contribution is 1.01. The van der Waals surface area contributed by atoms with E-state index in [0.717, 1.165) is 16.9 Å². The Morgan fingerprint density at radius 2 is 1.89 bits per heavy atom. The number of H-pyrrole nitrogens is 1. The molecule has 0 atom stereocenters. The van der Waals surface area contributed by atoms with Crippen LogP contribution in [0.4, 0.5) is 0 Å². The van der Waals surface area contributed by atoms with Gasteiger partial charge >= 0.3 is 0 Å². The van der Waals surface area contributed by atoms with E-state index in [1.54, 1.807) is 0 Å². The molecule has 88 valence electrons. The zero-order valence-electron chi connectivity index (χ0n) is 10.4. The van der Waals surface area contributed by atoms with Gasteiger partial charge < -0.3 is 9.55 Å². The summed E-state index contributed by atoms with van der Waals surface area (Å²) in [7, 11) is 2.11. The number of rotatable bonds is 0. The molecule has 0 saturated carbocycles. The average molecular weight is 235 g/mol. The van der Waals surface area contributed by atoms with Gasteiger partial charge in [-0.15, -0.1) is 0 Å². The fourth-order valence-electron chi connectivity index (χ4n) is 2.79. The van der Waals surface area contributed by atoms with Crippen LogP contribution in [0.1, 0.15) is 5.82 Å². The number of aromatic amines is 1. The maximum Gasteiger partial charge on any atom is 0.104 e. The Bertz CT molecular complexity index is 896. The molecule has 3 heteroatoms. The van der Waals surface area contributed by atoms with Crippen molar-refractivity contribution in [3.05, 3.63) is 42.2 Å². The first-order valence-corrected chi connectivity index (χ1v) is 6.07. The van der Waals surface area contributed by atoms with Crippen molar-refractivity contribution in [2.75, 3.05) is 0 Å². The van der Waals surface area contributed by atoms with E-state index in [4.69, 9.17) is 0 Å². The molecule has 0 fully saturated rings. The third kappa shape index (κ3) is 1.11. The molecule has 0 aliphatic carbocycles. The summed E-state index contributed by atoms with van der Waals surface area (Å²) < 4.78 is 2.24. The van der Waals surface area contributed by atoms with E-state index in [1.807, 2.05) is 6.92 Å². The number of hydrogen-bond acceptors (Lipinski definition) is 1. The molecule has 0 radical (unpaired) electrons. The first kappa shape index (κ1) is 9.71. The van der Waals surface area contributed by atoms with E-state index < -0.39 is 0 Å². The number of nitrogens with one attached hydrogen (secondary N) is 1. The Morgan fingerprint density at radius 1 is 1.06 bits per heavy atom. The third-order valence-corrected chi connectivity index (χ3v) is 3.63. The quantitative estimate of drug-likeness (QED) is 0.497. The molecule has 2 heterocycles. The smallest absolute Gasteiger partial charge is 0.104 e. The van der Waals surface area contributed by atoms with Crippen LogP contribution in [0.3, 0.4) is 0 Å². The van der Waals surface area contributed by atoms with Crippen molar-refractivity contribution in [3.63, 3.8) is 0 Å². The highest BCUT2D eigenvalue weighted by atomic mass is 15.0. The third-order valence-electron chi connectivity index (χ3n) is 3.63. The van der Waals surface area contributed by atoms with E-state index in [2.05, 4.69) is 58.0 Å².